The number of halogens is 2. The van der Waals surface area contributed by atoms with E-state index in [0.29, 0.717) is 30.9 Å². The van der Waals surface area contributed by atoms with Crippen LogP contribution < -0.4 is 16.0 Å². The number of carbonyl (C=O) groups is 4. The van der Waals surface area contributed by atoms with Gasteiger partial charge in [-0.3, -0.25) is 19.2 Å². The molecule has 0 spiro atoms. The summed E-state index contributed by atoms with van der Waals surface area (Å²) < 4.78 is 13.2. The van der Waals surface area contributed by atoms with Gasteiger partial charge in [-0.15, -0.1) is 0 Å². The van der Waals surface area contributed by atoms with Gasteiger partial charge in [-0.2, -0.15) is 0 Å². The molecule has 4 N–H and O–H groups in total. The molecule has 4 amide bonds. The van der Waals surface area contributed by atoms with Gasteiger partial charge in [0.1, 0.15) is 11.5 Å². The fourth-order valence-electron chi connectivity index (χ4n) is 3.67. The maximum atomic E-state index is 13.2. The zero-order valence-electron chi connectivity index (χ0n) is 18.9. The molecule has 0 aliphatic carbocycles. The van der Waals surface area contributed by atoms with Crippen molar-refractivity contribution < 1.29 is 23.6 Å². The summed E-state index contributed by atoms with van der Waals surface area (Å²) in [5, 5.41) is 7.95. The van der Waals surface area contributed by atoms with Crippen LogP contribution >= 0.6 is 11.6 Å². The fraction of sp³-hybridized carbons (Fsp3) is 0.208. The van der Waals surface area contributed by atoms with E-state index in [9.17, 15) is 23.6 Å². The molecule has 1 saturated heterocycles. The molecule has 1 aliphatic heterocycles. The lowest BCUT2D eigenvalue weighted by molar-refractivity contribution is -0.127. The van der Waals surface area contributed by atoms with E-state index in [2.05, 4.69) is 25.9 Å². The first-order chi connectivity index (χ1) is 17.3. The van der Waals surface area contributed by atoms with Crippen molar-refractivity contribution in [2.45, 2.75) is 12.8 Å². The number of hydrogen-bond donors (Lipinski definition) is 4. The van der Waals surface area contributed by atoms with Gasteiger partial charge in [0.2, 0.25) is 5.91 Å². The van der Waals surface area contributed by atoms with Crippen LogP contribution in [0.25, 0.3) is 0 Å². The Balaban J connectivity index is 1.32. The third kappa shape index (κ3) is 5.87. The third-order valence-corrected chi connectivity index (χ3v) is 5.81. The largest absolute Gasteiger partial charge is 0.349 e. The van der Waals surface area contributed by atoms with E-state index < -0.39 is 23.5 Å². The molecule has 2 aromatic carbocycles. The number of benzene rings is 2. The van der Waals surface area contributed by atoms with Gasteiger partial charge in [-0.1, -0.05) is 11.6 Å². The van der Waals surface area contributed by atoms with Crippen molar-refractivity contribution in [2.75, 3.05) is 30.3 Å². The van der Waals surface area contributed by atoms with Gasteiger partial charge in [0.05, 0.1) is 16.9 Å². The SMILES string of the molecule is O=C(Nc1ccc(NC(=O)c2[nH]cnc2C(=O)NCCN2CCCC2=O)cc1)c1ccc(F)cc1Cl. The van der Waals surface area contributed by atoms with Crippen molar-refractivity contribution in [1.29, 1.82) is 0 Å². The number of H-pyrrole nitrogens is 1. The second kappa shape index (κ2) is 11.0. The second-order valence-electron chi connectivity index (χ2n) is 7.98. The van der Waals surface area contributed by atoms with Gasteiger partial charge in [0.25, 0.3) is 17.7 Å². The number of aromatic nitrogens is 2. The monoisotopic (exact) mass is 512 g/mol. The van der Waals surface area contributed by atoms with E-state index in [1.807, 2.05) is 0 Å². The molecule has 0 radical (unpaired) electrons. The average molecular weight is 513 g/mol. The Kier molecular flexibility index (Phi) is 7.59. The van der Waals surface area contributed by atoms with Crippen molar-refractivity contribution in [3.63, 3.8) is 0 Å². The highest BCUT2D eigenvalue weighted by atomic mass is 35.5. The maximum absolute atomic E-state index is 13.2. The lowest BCUT2D eigenvalue weighted by atomic mass is 10.2. The molecule has 186 valence electrons. The number of nitrogens with one attached hydrogen (secondary N) is 4. The number of rotatable bonds is 8. The highest BCUT2D eigenvalue weighted by Crippen LogP contribution is 2.20. The van der Waals surface area contributed by atoms with Crippen LogP contribution in [0.1, 0.15) is 44.2 Å². The van der Waals surface area contributed by atoms with Crippen molar-refractivity contribution in [1.82, 2.24) is 20.2 Å². The zero-order chi connectivity index (χ0) is 25.7. The minimum atomic E-state index is -0.581. The molecule has 3 aromatic rings. The molecule has 4 rings (SSSR count). The lowest BCUT2D eigenvalue weighted by Gasteiger charge is -2.15. The molecular weight excluding hydrogens is 491 g/mol. The van der Waals surface area contributed by atoms with Crippen molar-refractivity contribution in [3.05, 3.63) is 76.6 Å². The Hall–Kier alpha value is -4.25. The molecule has 2 heterocycles. The third-order valence-electron chi connectivity index (χ3n) is 5.50. The summed E-state index contributed by atoms with van der Waals surface area (Å²) in [5.41, 5.74) is 0.865. The Morgan fingerprint density at radius 2 is 1.72 bits per heavy atom. The summed E-state index contributed by atoms with van der Waals surface area (Å²) in [5.74, 6) is -2.12. The minimum absolute atomic E-state index is 0.0136. The Morgan fingerprint density at radius 3 is 2.36 bits per heavy atom. The quantitative estimate of drug-likeness (QED) is 0.368. The van der Waals surface area contributed by atoms with E-state index in [-0.39, 0.29) is 34.4 Å². The highest BCUT2D eigenvalue weighted by molar-refractivity contribution is 6.34. The molecule has 0 unspecified atom stereocenters. The van der Waals surface area contributed by atoms with Crippen LogP contribution in [-0.4, -0.2) is 58.1 Å². The predicted molar refractivity (Wildman–Crippen MR) is 130 cm³/mol. The van der Waals surface area contributed by atoms with E-state index in [1.54, 1.807) is 29.2 Å². The highest BCUT2D eigenvalue weighted by Gasteiger charge is 2.22. The molecule has 1 aliphatic rings. The van der Waals surface area contributed by atoms with Crippen LogP contribution in [0.4, 0.5) is 15.8 Å². The number of anilines is 2. The molecule has 36 heavy (non-hydrogen) atoms. The molecule has 0 saturated carbocycles. The minimum Gasteiger partial charge on any atom is -0.349 e. The molecule has 1 fully saturated rings. The van der Waals surface area contributed by atoms with Crippen LogP contribution in [0.2, 0.25) is 5.02 Å². The summed E-state index contributed by atoms with van der Waals surface area (Å²) in [6, 6.07) is 9.71. The smallest absolute Gasteiger partial charge is 0.274 e. The van der Waals surface area contributed by atoms with Crippen LogP contribution in [0.15, 0.2) is 48.8 Å². The first kappa shape index (κ1) is 24.9. The number of aromatic amines is 1. The van der Waals surface area contributed by atoms with Crippen LogP contribution in [-0.2, 0) is 4.79 Å². The van der Waals surface area contributed by atoms with Crippen LogP contribution in [0.5, 0.6) is 0 Å². The number of likely N-dealkylation sites (tertiary alicyclic amines) is 1. The molecular formula is C24H22ClFN6O4. The van der Waals surface area contributed by atoms with Gasteiger partial charge >= 0.3 is 0 Å². The van der Waals surface area contributed by atoms with E-state index >= 15 is 0 Å². The fourth-order valence-corrected chi connectivity index (χ4v) is 3.92. The second-order valence-corrected chi connectivity index (χ2v) is 8.38. The van der Waals surface area contributed by atoms with E-state index in [0.717, 1.165) is 18.6 Å². The molecule has 1 aromatic heterocycles. The first-order valence-electron chi connectivity index (χ1n) is 11.1. The summed E-state index contributed by atoms with van der Waals surface area (Å²) in [6.45, 7) is 1.31. The molecule has 12 heteroatoms. The van der Waals surface area contributed by atoms with Crippen LogP contribution in [0.3, 0.4) is 0 Å². The van der Waals surface area contributed by atoms with Gasteiger partial charge in [-0.25, -0.2) is 9.37 Å². The van der Waals surface area contributed by atoms with Gasteiger partial charge in [0, 0.05) is 37.4 Å². The number of carbonyl (C=O) groups excluding carboxylic acids is 4. The first-order valence-corrected chi connectivity index (χ1v) is 11.5. The standard InChI is InChI=1S/C24H22ClFN6O4/c25-18-12-14(26)3-8-17(18)22(34)30-15-4-6-16(7-5-15)31-24(36)21-20(28-13-29-21)23(35)27-9-11-32-10-1-2-19(32)33/h3-8,12-13H,1-2,9-11H2,(H,27,35)(H,28,29)(H,30,34)(H,31,36). The number of imidazole rings is 1. The topological polar surface area (TPSA) is 136 Å². The Bertz CT molecular complexity index is 1310. The lowest BCUT2D eigenvalue weighted by Crippen LogP contribution is -2.36. The number of nitrogens with zero attached hydrogens (tertiary/aromatic N) is 2. The Labute approximate surface area is 210 Å². The summed E-state index contributed by atoms with van der Waals surface area (Å²) in [4.78, 5) is 57.5. The van der Waals surface area contributed by atoms with E-state index in [4.69, 9.17) is 11.6 Å². The molecule has 0 atom stereocenters. The van der Waals surface area contributed by atoms with Gasteiger partial charge in [0.15, 0.2) is 5.69 Å². The van der Waals surface area contributed by atoms with Crippen molar-refractivity contribution in [3.8, 4) is 0 Å². The predicted octanol–water partition coefficient (Wildman–Crippen LogP) is 3.06. The molecule has 10 nitrogen and oxygen atoms in total. The van der Waals surface area contributed by atoms with Crippen molar-refractivity contribution >= 4 is 46.6 Å². The summed E-state index contributed by atoms with van der Waals surface area (Å²) in [7, 11) is 0. The van der Waals surface area contributed by atoms with Crippen molar-refractivity contribution in [2.24, 2.45) is 0 Å². The normalized spacial score (nSPS) is 12.9. The molecule has 0 bridgehead atoms. The van der Waals surface area contributed by atoms with E-state index in [1.165, 1.54) is 12.4 Å². The Morgan fingerprint density at radius 1 is 1.03 bits per heavy atom. The number of amides is 4. The summed E-state index contributed by atoms with van der Waals surface area (Å²) >= 11 is 5.92. The van der Waals surface area contributed by atoms with Gasteiger partial charge < -0.3 is 25.8 Å². The van der Waals surface area contributed by atoms with Gasteiger partial charge in [-0.05, 0) is 48.9 Å². The zero-order valence-corrected chi connectivity index (χ0v) is 19.7. The summed E-state index contributed by atoms with van der Waals surface area (Å²) in [6.07, 6.45) is 2.58. The maximum Gasteiger partial charge on any atom is 0.274 e. The average Bonchev–Trinajstić information content (AvgIpc) is 3.49. The van der Waals surface area contributed by atoms with Crippen LogP contribution in [0, 0.1) is 5.82 Å². The number of hydrogen-bond acceptors (Lipinski definition) is 5.